The maximum atomic E-state index is 11.8. The van der Waals surface area contributed by atoms with Gasteiger partial charge in [0.2, 0.25) is 5.91 Å². The van der Waals surface area contributed by atoms with E-state index in [-0.39, 0.29) is 18.3 Å². The molecule has 2 rings (SSSR count). The number of carbonyl (C=O) groups excluding carboxylic acids is 1. The zero-order chi connectivity index (χ0) is 14.4. The third-order valence-corrected chi connectivity index (χ3v) is 3.98. The lowest BCUT2D eigenvalue weighted by Gasteiger charge is -2.32. The molecule has 1 heterocycles. The molecule has 0 unspecified atom stereocenters. The van der Waals surface area contributed by atoms with Crippen LogP contribution in [0.15, 0.2) is 24.3 Å². The molecule has 1 saturated heterocycles. The molecule has 0 aliphatic carbocycles. The van der Waals surface area contributed by atoms with Gasteiger partial charge in [-0.1, -0.05) is 12.1 Å². The van der Waals surface area contributed by atoms with Crippen LogP contribution in [0.1, 0.15) is 18.4 Å². The highest BCUT2D eigenvalue weighted by Gasteiger charge is 2.22. The maximum absolute atomic E-state index is 11.8. The van der Waals surface area contributed by atoms with Crippen molar-refractivity contribution in [3.63, 3.8) is 0 Å². The summed E-state index contributed by atoms with van der Waals surface area (Å²) in [4.78, 5) is 13.8. The van der Waals surface area contributed by atoms with Crippen LogP contribution >= 0.6 is 12.4 Å². The van der Waals surface area contributed by atoms with Crippen molar-refractivity contribution in [1.82, 2.24) is 10.2 Å². The van der Waals surface area contributed by atoms with Gasteiger partial charge in [-0.05, 0) is 49.9 Å². The first-order valence-corrected chi connectivity index (χ1v) is 7.28. The first kappa shape index (κ1) is 17.8. The molecule has 1 fully saturated rings. The van der Waals surface area contributed by atoms with Crippen LogP contribution in [-0.4, -0.2) is 44.6 Å². The molecule has 0 bridgehead atoms. The van der Waals surface area contributed by atoms with Crippen molar-refractivity contribution >= 4 is 18.3 Å². The third kappa shape index (κ3) is 5.21. The number of nitrogens with zero attached hydrogens (tertiary/aromatic N) is 1. The number of nitrogens with one attached hydrogen (secondary N) is 1. The monoisotopic (exact) mass is 312 g/mol. The van der Waals surface area contributed by atoms with Gasteiger partial charge in [0.15, 0.2) is 0 Å². The van der Waals surface area contributed by atoms with E-state index in [1.807, 2.05) is 24.1 Å². The number of rotatable bonds is 5. The van der Waals surface area contributed by atoms with Gasteiger partial charge >= 0.3 is 0 Å². The Labute approximate surface area is 133 Å². The van der Waals surface area contributed by atoms with E-state index in [9.17, 15) is 4.79 Å². The van der Waals surface area contributed by atoms with Gasteiger partial charge in [0.25, 0.3) is 0 Å². The van der Waals surface area contributed by atoms with Gasteiger partial charge in [-0.25, -0.2) is 0 Å². The highest BCUT2D eigenvalue weighted by Crippen LogP contribution is 2.22. The molecule has 1 amide bonds. The Morgan fingerprint density at radius 3 is 2.43 bits per heavy atom. The summed E-state index contributed by atoms with van der Waals surface area (Å²) in [7, 11) is 3.50. The second-order valence-corrected chi connectivity index (χ2v) is 5.41. The molecule has 21 heavy (non-hydrogen) atoms. The topological polar surface area (TPSA) is 41.6 Å². The van der Waals surface area contributed by atoms with Gasteiger partial charge in [0.1, 0.15) is 5.75 Å². The molecule has 118 valence electrons. The first-order chi connectivity index (χ1) is 9.72. The summed E-state index contributed by atoms with van der Waals surface area (Å²) < 4.78 is 5.17. The molecular formula is C16H25ClN2O2. The quantitative estimate of drug-likeness (QED) is 0.905. The number of methoxy groups -OCH3 is 1. The molecule has 1 N–H and O–H groups in total. The fourth-order valence-corrected chi connectivity index (χ4v) is 2.74. The Hall–Kier alpha value is -1.26. The number of benzene rings is 1. The second-order valence-electron chi connectivity index (χ2n) is 5.41. The summed E-state index contributed by atoms with van der Waals surface area (Å²) >= 11 is 0. The summed E-state index contributed by atoms with van der Waals surface area (Å²) in [6.07, 6.45) is 3.29. The second kappa shape index (κ2) is 8.90. The van der Waals surface area contributed by atoms with E-state index in [2.05, 4.69) is 17.4 Å². The predicted molar refractivity (Wildman–Crippen MR) is 87.2 cm³/mol. The van der Waals surface area contributed by atoms with Crippen molar-refractivity contribution in [2.75, 3.05) is 33.8 Å². The van der Waals surface area contributed by atoms with Crippen molar-refractivity contribution in [2.24, 2.45) is 5.92 Å². The molecule has 1 aliphatic heterocycles. The fourth-order valence-electron chi connectivity index (χ4n) is 2.74. The number of hydrogen-bond donors (Lipinski definition) is 1. The molecule has 1 aromatic rings. The van der Waals surface area contributed by atoms with Gasteiger partial charge in [-0.3, -0.25) is 4.79 Å². The van der Waals surface area contributed by atoms with E-state index < -0.39 is 0 Å². The SMILES string of the molecule is CNCC(=O)N1CCC(Cc2ccc(OC)cc2)CC1.Cl. The number of likely N-dealkylation sites (N-methyl/N-ethyl adjacent to an activating group) is 1. The lowest BCUT2D eigenvalue weighted by Crippen LogP contribution is -2.42. The fraction of sp³-hybridized carbons (Fsp3) is 0.562. The van der Waals surface area contributed by atoms with Crippen LogP contribution in [0, 0.1) is 5.92 Å². The lowest BCUT2D eigenvalue weighted by atomic mass is 9.90. The first-order valence-electron chi connectivity index (χ1n) is 7.28. The number of carbonyl (C=O) groups is 1. The van der Waals surface area contributed by atoms with E-state index in [1.165, 1.54) is 5.56 Å². The molecule has 0 atom stereocenters. The Morgan fingerprint density at radius 2 is 1.90 bits per heavy atom. The predicted octanol–water partition coefficient (Wildman–Crippen LogP) is 2.12. The average molecular weight is 313 g/mol. The Kier molecular flexibility index (Phi) is 7.54. The van der Waals surface area contributed by atoms with Gasteiger partial charge < -0.3 is 15.0 Å². The van der Waals surface area contributed by atoms with Gasteiger partial charge in [0.05, 0.1) is 13.7 Å². The van der Waals surface area contributed by atoms with Crippen LogP contribution in [0.4, 0.5) is 0 Å². The van der Waals surface area contributed by atoms with Gasteiger partial charge in [-0.2, -0.15) is 0 Å². The number of likely N-dealkylation sites (tertiary alicyclic amines) is 1. The van der Waals surface area contributed by atoms with E-state index in [1.54, 1.807) is 7.11 Å². The number of halogens is 1. The van der Waals surface area contributed by atoms with Crippen LogP contribution in [0.2, 0.25) is 0 Å². The Morgan fingerprint density at radius 1 is 1.29 bits per heavy atom. The zero-order valence-corrected chi connectivity index (χ0v) is 13.6. The van der Waals surface area contributed by atoms with Crippen molar-refractivity contribution in [2.45, 2.75) is 19.3 Å². The highest BCUT2D eigenvalue weighted by molar-refractivity contribution is 5.85. The van der Waals surface area contributed by atoms with Crippen LogP contribution in [0.5, 0.6) is 5.75 Å². The minimum absolute atomic E-state index is 0. The minimum Gasteiger partial charge on any atom is -0.497 e. The Bertz CT molecular complexity index is 428. The van der Waals surface area contributed by atoms with Crippen molar-refractivity contribution in [3.8, 4) is 5.75 Å². The summed E-state index contributed by atoms with van der Waals surface area (Å²) in [5.41, 5.74) is 1.35. The van der Waals surface area contributed by atoms with E-state index in [0.29, 0.717) is 12.5 Å². The number of piperidine rings is 1. The largest absolute Gasteiger partial charge is 0.497 e. The van der Waals surface area contributed by atoms with Crippen molar-refractivity contribution in [3.05, 3.63) is 29.8 Å². The van der Waals surface area contributed by atoms with Crippen molar-refractivity contribution in [1.29, 1.82) is 0 Å². The molecule has 4 nitrogen and oxygen atoms in total. The minimum atomic E-state index is 0. The molecule has 0 saturated carbocycles. The highest BCUT2D eigenvalue weighted by atomic mass is 35.5. The number of hydrogen-bond acceptors (Lipinski definition) is 3. The molecule has 1 aromatic carbocycles. The normalized spacial score (nSPS) is 15.4. The Balaban J connectivity index is 0.00000220. The van der Waals surface area contributed by atoms with Gasteiger partial charge in [0, 0.05) is 13.1 Å². The number of ether oxygens (including phenoxy) is 1. The molecule has 5 heteroatoms. The molecule has 0 spiro atoms. The number of amides is 1. The van der Waals surface area contributed by atoms with Crippen LogP contribution < -0.4 is 10.1 Å². The molecule has 1 aliphatic rings. The smallest absolute Gasteiger partial charge is 0.236 e. The third-order valence-electron chi connectivity index (χ3n) is 3.98. The average Bonchev–Trinajstić information content (AvgIpc) is 2.49. The van der Waals surface area contributed by atoms with E-state index >= 15 is 0 Å². The van der Waals surface area contributed by atoms with E-state index in [0.717, 1.165) is 38.1 Å². The zero-order valence-electron chi connectivity index (χ0n) is 12.8. The lowest BCUT2D eigenvalue weighted by molar-refractivity contribution is -0.131. The molecule has 0 aromatic heterocycles. The van der Waals surface area contributed by atoms with Crippen LogP contribution in [0.3, 0.4) is 0 Å². The summed E-state index contributed by atoms with van der Waals surface area (Å²) in [5.74, 6) is 1.80. The van der Waals surface area contributed by atoms with Gasteiger partial charge in [-0.15, -0.1) is 12.4 Å². The van der Waals surface area contributed by atoms with E-state index in [4.69, 9.17) is 4.74 Å². The van der Waals surface area contributed by atoms with Crippen molar-refractivity contribution < 1.29 is 9.53 Å². The summed E-state index contributed by atoms with van der Waals surface area (Å²) in [6, 6.07) is 8.30. The maximum Gasteiger partial charge on any atom is 0.236 e. The summed E-state index contributed by atoms with van der Waals surface area (Å²) in [6.45, 7) is 2.23. The van der Waals surface area contributed by atoms with Crippen LogP contribution in [-0.2, 0) is 11.2 Å². The molecule has 0 radical (unpaired) electrons. The summed E-state index contributed by atoms with van der Waals surface area (Å²) in [5, 5.41) is 2.92. The standard InChI is InChI=1S/C16H24N2O2.ClH/c1-17-12-16(19)18-9-7-14(8-10-18)11-13-3-5-15(20-2)6-4-13;/h3-6,14,17H,7-12H2,1-2H3;1H. The van der Waals surface area contributed by atoms with Crippen LogP contribution in [0.25, 0.3) is 0 Å². The molecular weight excluding hydrogens is 288 g/mol.